The molecule has 0 amide bonds. The van der Waals surface area contributed by atoms with Crippen molar-refractivity contribution in [2.75, 3.05) is 20.1 Å². The first-order valence-electron chi connectivity index (χ1n) is 13.8. The lowest BCUT2D eigenvalue weighted by Gasteiger charge is -2.15. The van der Waals surface area contributed by atoms with E-state index in [-0.39, 0.29) is 17.0 Å². The Bertz CT molecular complexity index is 1560. The Kier molecular flexibility index (Phi) is 10.1. The lowest BCUT2D eigenvalue weighted by molar-refractivity contribution is 0.541. The lowest BCUT2D eigenvalue weighted by atomic mass is 10.0. The molecule has 218 valence electrons. The first-order chi connectivity index (χ1) is 19.7. The summed E-state index contributed by atoms with van der Waals surface area (Å²) in [5.41, 5.74) is 14.3. The highest BCUT2D eigenvalue weighted by atomic mass is 35.5. The van der Waals surface area contributed by atoms with Crippen LogP contribution in [0.15, 0.2) is 58.4 Å². The van der Waals surface area contributed by atoms with Crippen LogP contribution in [0.25, 0.3) is 28.0 Å². The summed E-state index contributed by atoms with van der Waals surface area (Å²) in [5, 5.41) is 7.42. The van der Waals surface area contributed by atoms with E-state index in [0.29, 0.717) is 40.6 Å². The van der Waals surface area contributed by atoms with Crippen molar-refractivity contribution >= 4 is 28.6 Å². The standard InChI is InChI=1S/C30H38ClFN8O/c1-18(35-3)6-4-7-20-14-24(27(32)25(31)15-20)26-16-22-17-40(30(41)39-28(22)38-26)23-10-8-21(9-11-23)19(2)36-12-5-13-37-29(33)34/h8-11,14-19,35-36H,4-7,12-13H2,1-3H3,(H4,33,34,37)(H,38,39,41)/t18-,19-/m0/s1. The molecule has 0 bridgehead atoms. The molecule has 41 heavy (non-hydrogen) atoms. The number of nitrogens with two attached hydrogens (primary N) is 2. The number of benzene rings is 2. The molecule has 7 N–H and O–H groups in total. The van der Waals surface area contributed by atoms with Gasteiger partial charge in [0, 0.05) is 35.8 Å². The smallest absolute Gasteiger partial charge is 0.354 e. The number of guanidine groups is 1. The molecule has 0 aliphatic rings. The van der Waals surface area contributed by atoms with Gasteiger partial charge in [0.05, 0.1) is 16.4 Å². The summed E-state index contributed by atoms with van der Waals surface area (Å²) in [6.07, 6.45) is 5.26. The number of aryl methyl sites for hydroxylation is 1. The second kappa shape index (κ2) is 13.8. The van der Waals surface area contributed by atoms with Crippen LogP contribution in [0.4, 0.5) is 4.39 Å². The predicted octanol–water partition coefficient (Wildman–Crippen LogP) is 4.42. The van der Waals surface area contributed by atoms with Gasteiger partial charge in [0.1, 0.15) is 5.65 Å². The Morgan fingerprint density at radius 3 is 2.63 bits per heavy atom. The number of nitrogens with one attached hydrogen (secondary N) is 3. The number of halogens is 2. The Balaban J connectivity index is 1.52. The minimum absolute atomic E-state index is 0.0722. The van der Waals surface area contributed by atoms with Crippen molar-refractivity contribution in [2.45, 2.75) is 51.6 Å². The van der Waals surface area contributed by atoms with Crippen LogP contribution >= 0.6 is 11.6 Å². The van der Waals surface area contributed by atoms with Crippen LogP contribution < -0.4 is 27.8 Å². The maximum absolute atomic E-state index is 15.1. The van der Waals surface area contributed by atoms with E-state index in [0.717, 1.165) is 43.4 Å². The third-order valence-electron chi connectivity index (χ3n) is 7.23. The zero-order valence-corrected chi connectivity index (χ0v) is 24.4. The second-order valence-electron chi connectivity index (χ2n) is 10.3. The summed E-state index contributed by atoms with van der Waals surface area (Å²) >= 11 is 6.27. The number of fused-ring (bicyclic) bond motifs is 1. The molecule has 0 aliphatic heterocycles. The number of nitrogens with zero attached hydrogens (tertiary/aromatic N) is 3. The van der Waals surface area contributed by atoms with Crippen molar-refractivity contribution in [1.82, 2.24) is 25.2 Å². The number of H-pyrrole nitrogens is 1. The zero-order chi connectivity index (χ0) is 29.5. The number of hydrogen-bond acceptors (Lipinski definition) is 5. The van der Waals surface area contributed by atoms with Crippen molar-refractivity contribution in [3.8, 4) is 16.9 Å². The number of aromatic amines is 1. The van der Waals surface area contributed by atoms with Crippen molar-refractivity contribution in [3.05, 3.63) is 81.1 Å². The maximum atomic E-state index is 15.1. The Morgan fingerprint density at radius 1 is 1.17 bits per heavy atom. The van der Waals surface area contributed by atoms with Gasteiger partial charge in [-0.15, -0.1) is 0 Å². The van der Waals surface area contributed by atoms with Gasteiger partial charge in [-0.05, 0) is 94.6 Å². The van der Waals surface area contributed by atoms with Crippen LogP contribution in [0.2, 0.25) is 5.02 Å². The normalized spacial score (nSPS) is 12.9. The van der Waals surface area contributed by atoms with E-state index in [2.05, 4.69) is 39.4 Å². The molecule has 0 aliphatic carbocycles. The molecule has 0 radical (unpaired) electrons. The van der Waals surface area contributed by atoms with Crippen molar-refractivity contribution in [1.29, 1.82) is 0 Å². The molecule has 0 saturated carbocycles. The molecule has 0 unspecified atom stereocenters. The Hall–Kier alpha value is -3.73. The Morgan fingerprint density at radius 2 is 1.93 bits per heavy atom. The van der Waals surface area contributed by atoms with Crippen LogP contribution in [0.5, 0.6) is 0 Å². The molecule has 2 aromatic carbocycles. The first kappa shape index (κ1) is 30.2. The van der Waals surface area contributed by atoms with Crippen LogP contribution in [-0.4, -0.2) is 46.7 Å². The molecule has 0 saturated heterocycles. The highest BCUT2D eigenvalue weighted by Crippen LogP contribution is 2.31. The lowest BCUT2D eigenvalue weighted by Crippen LogP contribution is -2.24. The molecule has 9 nitrogen and oxygen atoms in total. The van der Waals surface area contributed by atoms with Gasteiger partial charge in [-0.3, -0.25) is 9.56 Å². The molecule has 4 aromatic rings. The van der Waals surface area contributed by atoms with Crippen LogP contribution in [-0.2, 0) is 6.42 Å². The third-order valence-corrected chi connectivity index (χ3v) is 7.51. The minimum Gasteiger partial charge on any atom is -0.370 e. The predicted molar refractivity (Wildman–Crippen MR) is 165 cm³/mol. The first-order valence-corrected chi connectivity index (χ1v) is 14.2. The zero-order valence-electron chi connectivity index (χ0n) is 23.7. The minimum atomic E-state index is -0.504. The molecule has 2 atom stereocenters. The van der Waals surface area contributed by atoms with Crippen LogP contribution in [0.3, 0.4) is 0 Å². The fourth-order valence-electron chi connectivity index (χ4n) is 4.71. The summed E-state index contributed by atoms with van der Waals surface area (Å²) in [7, 11) is 1.94. The van der Waals surface area contributed by atoms with E-state index in [1.165, 1.54) is 4.57 Å². The molecule has 2 aromatic heterocycles. The molecule has 0 fully saturated rings. The van der Waals surface area contributed by atoms with Gasteiger partial charge >= 0.3 is 5.69 Å². The molecular formula is C30H38ClFN8O. The molecule has 0 spiro atoms. The van der Waals surface area contributed by atoms with E-state index in [1.54, 1.807) is 18.3 Å². The van der Waals surface area contributed by atoms with Gasteiger partial charge in [-0.1, -0.05) is 23.7 Å². The summed E-state index contributed by atoms with van der Waals surface area (Å²) in [4.78, 5) is 24.2. The van der Waals surface area contributed by atoms with Gasteiger partial charge in [0.15, 0.2) is 11.8 Å². The van der Waals surface area contributed by atoms with E-state index >= 15 is 4.39 Å². The fraction of sp³-hybridized carbons (Fsp3) is 0.367. The van der Waals surface area contributed by atoms with Gasteiger partial charge in [-0.25, -0.2) is 9.18 Å². The van der Waals surface area contributed by atoms with Gasteiger partial charge < -0.3 is 27.1 Å². The largest absolute Gasteiger partial charge is 0.370 e. The number of hydrogen-bond donors (Lipinski definition) is 5. The summed E-state index contributed by atoms with van der Waals surface area (Å²) in [6, 6.07) is 13.5. The second-order valence-corrected chi connectivity index (χ2v) is 10.7. The monoisotopic (exact) mass is 580 g/mol. The fourth-order valence-corrected chi connectivity index (χ4v) is 4.96. The van der Waals surface area contributed by atoms with Crippen LogP contribution in [0, 0.1) is 5.82 Å². The van der Waals surface area contributed by atoms with Gasteiger partial charge in [0.2, 0.25) is 0 Å². The van der Waals surface area contributed by atoms with E-state index in [4.69, 9.17) is 23.1 Å². The number of aliphatic imine (C=N–C) groups is 1. The SMILES string of the molecule is CN[C@@H](C)CCCc1cc(Cl)c(F)c(-c2cc3cn(-c4ccc([C@H](C)NCCCN=C(N)N)cc4)c(=O)nc3[nH]2)c1. The third kappa shape index (κ3) is 7.72. The van der Waals surface area contributed by atoms with Crippen LogP contribution in [0.1, 0.15) is 50.3 Å². The average molecular weight is 581 g/mol. The van der Waals surface area contributed by atoms with Crippen molar-refractivity contribution in [3.63, 3.8) is 0 Å². The molecule has 11 heteroatoms. The quantitative estimate of drug-likeness (QED) is 0.0901. The maximum Gasteiger partial charge on any atom is 0.354 e. The average Bonchev–Trinajstić information content (AvgIpc) is 3.36. The molecule has 2 heterocycles. The van der Waals surface area contributed by atoms with Crippen molar-refractivity contribution < 1.29 is 4.39 Å². The number of aromatic nitrogens is 3. The highest BCUT2D eigenvalue weighted by Gasteiger charge is 2.16. The summed E-state index contributed by atoms with van der Waals surface area (Å²) < 4.78 is 16.6. The van der Waals surface area contributed by atoms with Gasteiger partial charge in [0.25, 0.3) is 0 Å². The van der Waals surface area contributed by atoms with Crippen molar-refractivity contribution in [2.24, 2.45) is 16.5 Å². The van der Waals surface area contributed by atoms with E-state index in [1.807, 2.05) is 37.4 Å². The summed E-state index contributed by atoms with van der Waals surface area (Å²) in [5.74, 6) is -0.408. The number of rotatable bonds is 13. The van der Waals surface area contributed by atoms with E-state index < -0.39 is 11.5 Å². The molecule has 4 rings (SSSR count). The topological polar surface area (TPSA) is 139 Å². The summed E-state index contributed by atoms with van der Waals surface area (Å²) in [6.45, 7) is 5.53. The van der Waals surface area contributed by atoms with E-state index in [9.17, 15) is 4.79 Å². The van der Waals surface area contributed by atoms with Gasteiger partial charge in [-0.2, -0.15) is 4.98 Å². The Labute approximate surface area is 244 Å². The highest BCUT2D eigenvalue weighted by molar-refractivity contribution is 6.31. The molecular weight excluding hydrogens is 543 g/mol.